The zero-order valence-electron chi connectivity index (χ0n) is 35.0. The Labute approximate surface area is 374 Å². The lowest BCUT2D eigenvalue weighted by Crippen LogP contribution is -2.04. The molecule has 0 aliphatic carbocycles. The molecule has 0 saturated heterocycles. The lowest BCUT2D eigenvalue weighted by Gasteiger charge is -2.15. The first-order valence-corrected chi connectivity index (χ1v) is 22.1. The van der Waals surface area contributed by atoms with Crippen molar-refractivity contribution in [3.05, 3.63) is 194 Å². The summed E-state index contributed by atoms with van der Waals surface area (Å²) in [4.78, 5) is 16.1. The van der Waals surface area contributed by atoms with Gasteiger partial charge in [-0.05, 0) is 88.3 Å². The normalized spacial score (nSPS) is 12.2. The number of benzene rings is 10. The number of nitrogens with zero attached hydrogens (tertiary/aromatic N) is 4. The SMILES string of the molecule is c1ccc2cc3c(cc2c1)c1c2ccccc2ccc1n3-c1cc2oc3ccccc3c2cc1-c1nc(-c2ccc3c(c2)oc2ccccc23)nc(-c2ccc3c(c2)oc2ccccc23)n1. The maximum Gasteiger partial charge on any atom is 0.166 e. The average Bonchev–Trinajstić information content (AvgIpc) is 4.13. The van der Waals surface area contributed by atoms with Crippen LogP contribution in [0.3, 0.4) is 0 Å². The molecule has 5 aromatic heterocycles. The molecule has 66 heavy (non-hydrogen) atoms. The number of aromatic nitrogens is 4. The fraction of sp³-hybridized carbons (Fsp3) is 0. The summed E-state index contributed by atoms with van der Waals surface area (Å²) in [7, 11) is 0. The summed E-state index contributed by atoms with van der Waals surface area (Å²) >= 11 is 0. The zero-order chi connectivity index (χ0) is 43.0. The van der Waals surface area contributed by atoms with E-state index in [-0.39, 0.29) is 0 Å². The zero-order valence-corrected chi connectivity index (χ0v) is 35.0. The molecule has 15 rings (SSSR count). The van der Waals surface area contributed by atoms with Gasteiger partial charge >= 0.3 is 0 Å². The van der Waals surface area contributed by atoms with E-state index < -0.39 is 0 Å². The van der Waals surface area contributed by atoms with Crippen LogP contribution in [0.5, 0.6) is 0 Å². The molecular formula is C59H32N4O3. The van der Waals surface area contributed by atoms with Gasteiger partial charge in [0.05, 0.1) is 16.7 Å². The topological polar surface area (TPSA) is 83.0 Å². The number of hydrogen-bond donors (Lipinski definition) is 0. The highest BCUT2D eigenvalue weighted by atomic mass is 16.3. The molecule has 0 aliphatic heterocycles. The maximum atomic E-state index is 6.68. The van der Waals surface area contributed by atoms with Crippen molar-refractivity contribution in [1.29, 1.82) is 0 Å². The van der Waals surface area contributed by atoms with Crippen molar-refractivity contribution in [2.45, 2.75) is 0 Å². The molecule has 0 saturated carbocycles. The first-order chi connectivity index (χ1) is 32.7. The molecule has 0 N–H and O–H groups in total. The molecule has 0 aliphatic rings. The Hall–Kier alpha value is -9.07. The third kappa shape index (κ3) is 5.10. The molecule has 0 amide bonds. The second-order valence-corrected chi connectivity index (χ2v) is 17.1. The molecule has 0 bridgehead atoms. The smallest absolute Gasteiger partial charge is 0.166 e. The van der Waals surface area contributed by atoms with Crippen molar-refractivity contribution in [1.82, 2.24) is 19.5 Å². The fourth-order valence-electron chi connectivity index (χ4n) is 10.3. The minimum absolute atomic E-state index is 0.517. The highest BCUT2D eigenvalue weighted by molar-refractivity contribution is 6.24. The van der Waals surface area contributed by atoms with Crippen molar-refractivity contribution in [3.8, 4) is 39.9 Å². The molecule has 15 aromatic rings. The Bertz CT molecular complexity index is 4420. The van der Waals surface area contributed by atoms with E-state index in [1.54, 1.807) is 0 Å². The largest absolute Gasteiger partial charge is 0.456 e. The first-order valence-electron chi connectivity index (χ1n) is 22.1. The summed E-state index contributed by atoms with van der Waals surface area (Å²) in [6, 6.07) is 67.5. The van der Waals surface area contributed by atoms with Crippen LogP contribution in [0.1, 0.15) is 0 Å². The Balaban J connectivity index is 1.06. The van der Waals surface area contributed by atoms with E-state index in [4.69, 9.17) is 28.2 Å². The lowest BCUT2D eigenvalue weighted by molar-refractivity contribution is 0.668. The van der Waals surface area contributed by atoms with Crippen molar-refractivity contribution in [2.75, 3.05) is 0 Å². The van der Waals surface area contributed by atoms with Crippen LogP contribution in [-0.4, -0.2) is 19.5 Å². The van der Waals surface area contributed by atoms with E-state index in [1.165, 1.54) is 21.5 Å². The lowest BCUT2D eigenvalue weighted by atomic mass is 10.0. The predicted molar refractivity (Wildman–Crippen MR) is 267 cm³/mol. The quantitative estimate of drug-likeness (QED) is 0.175. The van der Waals surface area contributed by atoms with Crippen molar-refractivity contribution < 1.29 is 13.3 Å². The Morgan fingerprint density at radius 1 is 0.303 bits per heavy atom. The van der Waals surface area contributed by atoms with Crippen LogP contribution in [-0.2, 0) is 0 Å². The van der Waals surface area contributed by atoms with E-state index in [0.717, 1.165) is 110 Å². The van der Waals surface area contributed by atoms with Gasteiger partial charge in [0.15, 0.2) is 17.5 Å². The van der Waals surface area contributed by atoms with Crippen molar-refractivity contribution in [2.24, 2.45) is 0 Å². The van der Waals surface area contributed by atoms with Crippen LogP contribution in [0.25, 0.3) is 149 Å². The average molecular weight is 845 g/mol. The van der Waals surface area contributed by atoms with Crippen LogP contribution >= 0.6 is 0 Å². The molecule has 306 valence electrons. The molecule has 0 unspecified atom stereocenters. The minimum atomic E-state index is 0.517. The summed E-state index contributed by atoms with van der Waals surface area (Å²) in [5.74, 6) is 1.55. The Kier molecular flexibility index (Phi) is 7.10. The molecule has 7 heteroatoms. The number of para-hydroxylation sites is 3. The molecule has 0 atom stereocenters. The molecule has 0 radical (unpaired) electrons. The van der Waals surface area contributed by atoms with Crippen LogP contribution in [0.4, 0.5) is 0 Å². The molecular weight excluding hydrogens is 813 g/mol. The molecule has 10 aromatic carbocycles. The number of fused-ring (bicyclic) bond motifs is 15. The summed E-state index contributed by atoms with van der Waals surface area (Å²) in [5, 5.41) is 13.2. The second kappa shape index (κ2) is 13.2. The Morgan fingerprint density at radius 2 is 0.788 bits per heavy atom. The molecule has 0 fully saturated rings. The minimum Gasteiger partial charge on any atom is -0.456 e. The highest BCUT2D eigenvalue weighted by Gasteiger charge is 2.24. The van der Waals surface area contributed by atoms with Gasteiger partial charge in [-0.1, -0.05) is 121 Å². The van der Waals surface area contributed by atoms with Crippen LogP contribution in [0.2, 0.25) is 0 Å². The van der Waals surface area contributed by atoms with Gasteiger partial charge in [0, 0.05) is 65.8 Å². The number of hydrogen-bond acceptors (Lipinski definition) is 6. The van der Waals surface area contributed by atoms with E-state index in [9.17, 15) is 0 Å². The summed E-state index contributed by atoms with van der Waals surface area (Å²) in [5.41, 5.74) is 10.2. The van der Waals surface area contributed by atoms with Crippen LogP contribution < -0.4 is 0 Å². The van der Waals surface area contributed by atoms with Crippen LogP contribution in [0.15, 0.2) is 207 Å². The molecule has 7 nitrogen and oxygen atoms in total. The third-order valence-corrected chi connectivity index (χ3v) is 13.4. The first kappa shape index (κ1) is 35.4. The van der Waals surface area contributed by atoms with Gasteiger partial charge in [0.1, 0.15) is 33.5 Å². The van der Waals surface area contributed by atoms with Gasteiger partial charge in [-0.15, -0.1) is 0 Å². The van der Waals surface area contributed by atoms with E-state index >= 15 is 0 Å². The van der Waals surface area contributed by atoms with Gasteiger partial charge in [-0.3, -0.25) is 0 Å². The van der Waals surface area contributed by atoms with Gasteiger partial charge < -0.3 is 17.8 Å². The van der Waals surface area contributed by atoms with Crippen molar-refractivity contribution in [3.63, 3.8) is 0 Å². The van der Waals surface area contributed by atoms with Crippen molar-refractivity contribution >= 4 is 109 Å². The van der Waals surface area contributed by atoms with Gasteiger partial charge in [0.2, 0.25) is 0 Å². The monoisotopic (exact) mass is 844 g/mol. The number of rotatable bonds is 4. The van der Waals surface area contributed by atoms with Gasteiger partial charge in [0.25, 0.3) is 0 Å². The third-order valence-electron chi connectivity index (χ3n) is 13.4. The van der Waals surface area contributed by atoms with Gasteiger partial charge in [-0.25, -0.2) is 15.0 Å². The van der Waals surface area contributed by atoms with E-state index in [2.05, 4.69) is 138 Å². The molecule has 0 spiro atoms. The summed E-state index contributed by atoms with van der Waals surface area (Å²) < 4.78 is 21.9. The van der Waals surface area contributed by atoms with Crippen LogP contribution in [0, 0.1) is 0 Å². The van der Waals surface area contributed by atoms with Gasteiger partial charge in [-0.2, -0.15) is 0 Å². The second-order valence-electron chi connectivity index (χ2n) is 17.1. The fourth-order valence-corrected chi connectivity index (χ4v) is 10.3. The standard InChI is InChI=1S/C59H32N4O3/c1-2-13-35-28-48-45(27-34(35)12-1)56-38-14-4-3-11-33(38)23-26-47(56)63(48)49-32-55-44(41-17-7-10-20-52(41)66-55)31-46(49)59-61-57(36-21-24-42-39-15-5-8-18-50(39)64-53(42)29-36)60-58(62-59)37-22-25-43-40-16-6-9-19-51(40)65-54(43)30-37/h1-32H. The number of furan rings is 3. The summed E-state index contributed by atoms with van der Waals surface area (Å²) in [6.45, 7) is 0. The van der Waals surface area contributed by atoms with E-state index in [1.807, 2.05) is 60.7 Å². The highest BCUT2D eigenvalue weighted by Crippen LogP contribution is 2.44. The molecule has 5 heterocycles. The Morgan fingerprint density at radius 3 is 1.41 bits per heavy atom. The predicted octanol–water partition coefficient (Wildman–Crippen LogP) is 16.0. The summed E-state index contributed by atoms with van der Waals surface area (Å²) in [6.07, 6.45) is 0. The van der Waals surface area contributed by atoms with E-state index in [0.29, 0.717) is 17.5 Å². The maximum absolute atomic E-state index is 6.68.